The zero-order valence-electron chi connectivity index (χ0n) is 24.3. The van der Waals surface area contributed by atoms with E-state index in [-0.39, 0.29) is 17.6 Å². The third-order valence-electron chi connectivity index (χ3n) is 8.65. The second-order valence-electron chi connectivity index (χ2n) is 11.5. The number of hydrogen-bond acceptors (Lipinski definition) is 5. The summed E-state index contributed by atoms with van der Waals surface area (Å²) in [7, 11) is 0. The second kappa shape index (κ2) is 14.3. The van der Waals surface area contributed by atoms with E-state index in [0.717, 1.165) is 57.2 Å². The number of carbonyl (C=O) groups excluding carboxylic acids is 1. The number of pyridine rings is 1. The van der Waals surface area contributed by atoms with Crippen molar-refractivity contribution in [1.82, 2.24) is 20.1 Å². The van der Waals surface area contributed by atoms with Gasteiger partial charge in [0.25, 0.3) is 0 Å². The lowest BCUT2D eigenvalue weighted by Crippen LogP contribution is -2.56. The summed E-state index contributed by atoms with van der Waals surface area (Å²) < 4.78 is 53.7. The molecule has 3 heterocycles. The number of piperidine rings is 1. The third kappa shape index (κ3) is 8.54. The molecule has 2 fully saturated rings. The zero-order valence-corrected chi connectivity index (χ0v) is 24.3. The second-order valence-corrected chi connectivity index (χ2v) is 11.5. The molecule has 3 aromatic rings. The molecule has 0 radical (unpaired) electrons. The van der Waals surface area contributed by atoms with Gasteiger partial charge in [0.15, 0.2) is 0 Å². The molecular formula is C33H39F4N5O. The van der Waals surface area contributed by atoms with Crippen LogP contribution in [-0.4, -0.2) is 72.5 Å². The van der Waals surface area contributed by atoms with Crippen LogP contribution >= 0.6 is 0 Å². The number of hydrogen-bond donors (Lipinski definition) is 1. The van der Waals surface area contributed by atoms with Crippen molar-refractivity contribution < 1.29 is 22.4 Å². The van der Waals surface area contributed by atoms with Crippen molar-refractivity contribution in [3.8, 4) is 0 Å². The average Bonchev–Trinajstić information content (AvgIpc) is 3.01. The Labute approximate surface area is 250 Å². The first-order valence-corrected chi connectivity index (χ1v) is 15.0. The van der Waals surface area contributed by atoms with Gasteiger partial charge in [0, 0.05) is 76.4 Å². The van der Waals surface area contributed by atoms with Gasteiger partial charge in [-0.2, -0.15) is 13.2 Å². The molecule has 6 nitrogen and oxygen atoms in total. The van der Waals surface area contributed by atoms with Crippen molar-refractivity contribution in [2.75, 3.05) is 50.7 Å². The number of carbonyl (C=O) groups is 1. The van der Waals surface area contributed by atoms with Gasteiger partial charge in [-0.3, -0.25) is 19.6 Å². The standard InChI is InChI=1S/C33H39F4N5O/c34-30-9-2-1-6-26(30)12-15-39-32(43)11-10-27-24-40(23-25-5-4-14-38-22-25)16-13-31(27)42-19-17-41(18-20-42)29-8-3-7-28(21-29)33(35,36)37/h1-9,14,21-22,27,31H,10-13,15-20,23-24H2,(H,39,43)/t27-,31+/m0/s1. The van der Waals surface area contributed by atoms with Gasteiger partial charge >= 0.3 is 6.18 Å². The van der Waals surface area contributed by atoms with Gasteiger partial charge in [0.1, 0.15) is 5.82 Å². The first-order chi connectivity index (χ1) is 20.8. The van der Waals surface area contributed by atoms with Crippen molar-refractivity contribution >= 4 is 11.6 Å². The van der Waals surface area contributed by atoms with Gasteiger partial charge in [0.05, 0.1) is 5.56 Å². The van der Waals surface area contributed by atoms with Gasteiger partial charge in [0.2, 0.25) is 5.91 Å². The molecule has 0 bridgehead atoms. The molecule has 0 unspecified atom stereocenters. The van der Waals surface area contributed by atoms with E-state index >= 15 is 0 Å². The Kier molecular flexibility index (Phi) is 10.3. The third-order valence-corrected chi connectivity index (χ3v) is 8.65. The van der Waals surface area contributed by atoms with Gasteiger partial charge in [-0.05, 0) is 73.2 Å². The minimum Gasteiger partial charge on any atom is -0.369 e. The number of aromatic nitrogens is 1. The lowest BCUT2D eigenvalue weighted by molar-refractivity contribution is -0.137. The summed E-state index contributed by atoms with van der Waals surface area (Å²) in [5.41, 5.74) is 1.72. The molecule has 1 aromatic heterocycles. The monoisotopic (exact) mass is 597 g/mol. The van der Waals surface area contributed by atoms with E-state index in [1.807, 2.05) is 17.2 Å². The van der Waals surface area contributed by atoms with Crippen molar-refractivity contribution in [1.29, 1.82) is 0 Å². The highest BCUT2D eigenvalue weighted by Gasteiger charge is 2.35. The van der Waals surface area contributed by atoms with Gasteiger partial charge < -0.3 is 10.2 Å². The Balaban J connectivity index is 1.18. The lowest BCUT2D eigenvalue weighted by Gasteiger charge is -2.47. The predicted molar refractivity (Wildman–Crippen MR) is 159 cm³/mol. The highest BCUT2D eigenvalue weighted by Crippen LogP contribution is 2.33. The predicted octanol–water partition coefficient (Wildman–Crippen LogP) is 5.39. The van der Waals surface area contributed by atoms with E-state index in [2.05, 4.69) is 26.2 Å². The molecule has 1 amide bonds. The fourth-order valence-corrected chi connectivity index (χ4v) is 6.39. The van der Waals surface area contributed by atoms with Crippen LogP contribution in [-0.2, 0) is 23.9 Å². The highest BCUT2D eigenvalue weighted by molar-refractivity contribution is 5.75. The molecule has 1 N–H and O–H groups in total. The summed E-state index contributed by atoms with van der Waals surface area (Å²) in [5, 5.41) is 2.95. The van der Waals surface area contributed by atoms with Crippen LogP contribution in [0.25, 0.3) is 0 Å². The van der Waals surface area contributed by atoms with Gasteiger partial charge in [-0.25, -0.2) is 4.39 Å². The summed E-state index contributed by atoms with van der Waals surface area (Å²) in [6.45, 7) is 5.80. The van der Waals surface area contributed by atoms with E-state index in [4.69, 9.17) is 0 Å². The molecule has 2 saturated heterocycles. The Morgan fingerprint density at radius 1 is 0.977 bits per heavy atom. The Morgan fingerprint density at radius 2 is 1.79 bits per heavy atom. The maximum atomic E-state index is 13.9. The van der Waals surface area contributed by atoms with E-state index < -0.39 is 11.7 Å². The fourth-order valence-electron chi connectivity index (χ4n) is 6.39. The Morgan fingerprint density at radius 3 is 2.53 bits per heavy atom. The summed E-state index contributed by atoms with van der Waals surface area (Å²) in [6, 6.07) is 16.5. The van der Waals surface area contributed by atoms with Crippen molar-refractivity contribution in [2.24, 2.45) is 5.92 Å². The lowest BCUT2D eigenvalue weighted by atomic mass is 9.86. The topological polar surface area (TPSA) is 51.7 Å². The number of amides is 1. The first kappa shape index (κ1) is 30.9. The smallest absolute Gasteiger partial charge is 0.369 e. The number of halogens is 4. The molecule has 2 aliphatic rings. The van der Waals surface area contributed by atoms with Gasteiger partial charge in [-0.1, -0.05) is 30.3 Å². The van der Waals surface area contributed by atoms with E-state index in [0.29, 0.717) is 49.8 Å². The van der Waals surface area contributed by atoms with E-state index in [1.54, 1.807) is 30.5 Å². The van der Waals surface area contributed by atoms with Crippen LogP contribution in [0, 0.1) is 11.7 Å². The summed E-state index contributed by atoms with van der Waals surface area (Å²) in [6.07, 6.45) is 1.82. The molecule has 0 aliphatic carbocycles. The number of likely N-dealkylation sites (tertiary alicyclic amines) is 1. The quantitative estimate of drug-likeness (QED) is 0.318. The molecule has 5 rings (SSSR count). The van der Waals surface area contributed by atoms with Crippen LogP contribution in [0.1, 0.15) is 36.0 Å². The van der Waals surface area contributed by atoms with Crippen molar-refractivity contribution in [3.05, 3.63) is 95.6 Å². The molecule has 230 valence electrons. The average molecular weight is 598 g/mol. The fraction of sp³-hybridized carbons (Fsp3) is 0.455. The number of nitrogens with one attached hydrogen (secondary N) is 1. The van der Waals surface area contributed by atoms with Crippen LogP contribution in [0.3, 0.4) is 0 Å². The normalized spacial score (nSPS) is 20.2. The molecule has 0 spiro atoms. The van der Waals surface area contributed by atoms with Crippen molar-refractivity contribution in [2.45, 2.75) is 44.4 Å². The first-order valence-electron chi connectivity index (χ1n) is 15.0. The number of alkyl halides is 3. The van der Waals surface area contributed by atoms with Crippen LogP contribution in [0.15, 0.2) is 73.1 Å². The van der Waals surface area contributed by atoms with E-state index in [1.165, 1.54) is 18.2 Å². The highest BCUT2D eigenvalue weighted by atomic mass is 19.4. The van der Waals surface area contributed by atoms with Crippen LogP contribution in [0.2, 0.25) is 0 Å². The number of anilines is 1. The number of rotatable bonds is 10. The minimum absolute atomic E-state index is 0.0335. The minimum atomic E-state index is -4.36. The van der Waals surface area contributed by atoms with Crippen LogP contribution in [0.5, 0.6) is 0 Å². The maximum absolute atomic E-state index is 13.9. The van der Waals surface area contributed by atoms with Crippen LogP contribution in [0.4, 0.5) is 23.2 Å². The summed E-state index contributed by atoms with van der Waals surface area (Å²) in [4.78, 5) is 24.0. The molecule has 43 heavy (non-hydrogen) atoms. The molecule has 2 atom stereocenters. The molecule has 0 saturated carbocycles. The van der Waals surface area contributed by atoms with E-state index in [9.17, 15) is 22.4 Å². The SMILES string of the molecule is O=C(CC[C@H]1CN(Cc2cccnc2)CC[C@H]1N1CCN(c2cccc(C(F)(F)F)c2)CC1)NCCc1ccccc1F. The Bertz CT molecular complexity index is 1330. The van der Waals surface area contributed by atoms with Crippen molar-refractivity contribution in [3.63, 3.8) is 0 Å². The molecular weight excluding hydrogens is 558 g/mol. The number of piperazine rings is 1. The largest absolute Gasteiger partial charge is 0.416 e. The zero-order chi connectivity index (χ0) is 30.2. The maximum Gasteiger partial charge on any atom is 0.416 e. The number of benzene rings is 2. The molecule has 10 heteroatoms. The Hall–Kier alpha value is -3.50. The summed E-state index contributed by atoms with van der Waals surface area (Å²) >= 11 is 0. The molecule has 2 aliphatic heterocycles. The summed E-state index contributed by atoms with van der Waals surface area (Å²) in [5.74, 6) is -0.0275. The molecule has 2 aromatic carbocycles. The number of nitrogens with zero attached hydrogens (tertiary/aromatic N) is 4. The van der Waals surface area contributed by atoms with Gasteiger partial charge in [-0.15, -0.1) is 0 Å². The van der Waals surface area contributed by atoms with Crippen LogP contribution < -0.4 is 10.2 Å².